The summed E-state index contributed by atoms with van der Waals surface area (Å²) in [4.78, 5) is 6.23. The molecule has 0 saturated carbocycles. The highest BCUT2D eigenvalue weighted by Crippen LogP contribution is 2.63. The number of thiophene rings is 1. The van der Waals surface area contributed by atoms with Gasteiger partial charge in [-0.3, -0.25) is 4.40 Å². The number of benzene rings is 5. The second kappa shape index (κ2) is 9.18. The topological polar surface area (TPSA) is 29.3 Å². The third kappa shape index (κ3) is 3.28. The van der Waals surface area contributed by atoms with Gasteiger partial charge in [-0.05, 0) is 97.1 Å². The number of aromatic nitrogens is 2. The van der Waals surface area contributed by atoms with Gasteiger partial charge in [0.05, 0.1) is 5.41 Å². The number of imidazole rings is 1. The molecule has 0 saturated heterocycles. The molecule has 3 aliphatic rings. The number of rotatable bonds is 2. The number of fused-ring (bicyclic) bond motifs is 15. The van der Waals surface area contributed by atoms with E-state index in [4.69, 9.17) is 4.98 Å². The van der Waals surface area contributed by atoms with Gasteiger partial charge in [-0.1, -0.05) is 103 Å². The maximum atomic E-state index is 5.04. The van der Waals surface area contributed by atoms with E-state index in [1.165, 1.54) is 81.7 Å². The number of hydrogen-bond donors (Lipinski definition) is 1. The molecule has 11 rings (SSSR count). The van der Waals surface area contributed by atoms with E-state index in [9.17, 15) is 0 Å². The van der Waals surface area contributed by atoms with Gasteiger partial charge >= 0.3 is 0 Å². The van der Waals surface area contributed by atoms with Crippen LogP contribution in [0.4, 0.5) is 0 Å². The zero-order valence-electron chi connectivity index (χ0n) is 25.4. The van der Waals surface area contributed by atoms with Gasteiger partial charge in [0.15, 0.2) is 0 Å². The van der Waals surface area contributed by atoms with E-state index in [-0.39, 0.29) is 0 Å². The van der Waals surface area contributed by atoms with Crippen LogP contribution in [0.1, 0.15) is 27.8 Å². The standard InChI is InChI=1S/C43H27N3S/c1-4-12-35-30(9-1)31-10-2-5-13-36(31)43(35)37-22-26(28-8-7-21-44-24-28)15-18-32(37)33-19-16-27(23-38(33)43)29-17-20-40-45-41-34-11-3-6-14-39(34)47-42(41)46(40)25-29/h1-20,22-25,44H,21H2. The number of nitrogens with one attached hydrogen (secondary N) is 1. The van der Waals surface area contributed by atoms with E-state index >= 15 is 0 Å². The van der Waals surface area contributed by atoms with Gasteiger partial charge in [0, 0.05) is 29.0 Å². The van der Waals surface area contributed by atoms with Crippen LogP contribution >= 0.6 is 11.3 Å². The lowest BCUT2D eigenvalue weighted by molar-refractivity contribution is 0.793. The van der Waals surface area contributed by atoms with E-state index in [2.05, 4.69) is 156 Å². The van der Waals surface area contributed by atoms with Crippen LogP contribution in [0.25, 0.3) is 65.0 Å². The molecule has 1 spiro atoms. The molecule has 1 aliphatic heterocycles. The summed E-state index contributed by atoms with van der Waals surface area (Å²) in [5, 5.41) is 4.64. The van der Waals surface area contributed by atoms with Crippen molar-refractivity contribution in [1.29, 1.82) is 0 Å². The highest BCUT2D eigenvalue weighted by molar-refractivity contribution is 7.25. The molecule has 8 aromatic rings. The third-order valence-corrected chi connectivity index (χ3v) is 11.6. The summed E-state index contributed by atoms with van der Waals surface area (Å²) in [6, 6.07) is 45.3. The fourth-order valence-corrected chi connectivity index (χ4v) is 9.60. The highest BCUT2D eigenvalue weighted by atomic mass is 32.1. The smallest absolute Gasteiger partial charge is 0.138 e. The lowest BCUT2D eigenvalue weighted by Gasteiger charge is -2.31. The Kier molecular flexibility index (Phi) is 4.98. The first kappa shape index (κ1) is 25.5. The minimum atomic E-state index is -0.409. The minimum absolute atomic E-state index is 0.409. The minimum Gasteiger partial charge on any atom is -0.387 e. The van der Waals surface area contributed by atoms with E-state index < -0.39 is 5.41 Å². The van der Waals surface area contributed by atoms with Crippen molar-refractivity contribution in [2.45, 2.75) is 5.41 Å². The molecule has 1 N–H and O–H groups in total. The van der Waals surface area contributed by atoms with Gasteiger partial charge in [-0.25, -0.2) is 4.98 Å². The average molecular weight is 618 g/mol. The predicted molar refractivity (Wildman–Crippen MR) is 195 cm³/mol. The number of pyridine rings is 1. The molecule has 220 valence electrons. The molecule has 4 heterocycles. The maximum absolute atomic E-state index is 5.04. The molecule has 5 aromatic carbocycles. The molecule has 0 atom stereocenters. The summed E-state index contributed by atoms with van der Waals surface area (Å²) in [5.74, 6) is 0. The molecule has 3 nitrogen and oxygen atoms in total. The Morgan fingerprint density at radius 1 is 0.638 bits per heavy atom. The second-order valence-corrected chi connectivity index (χ2v) is 13.8. The van der Waals surface area contributed by atoms with Crippen LogP contribution in [0, 0.1) is 0 Å². The molecule has 47 heavy (non-hydrogen) atoms. The van der Waals surface area contributed by atoms with E-state index in [1.807, 2.05) is 11.3 Å². The Labute approximate surface area is 275 Å². The van der Waals surface area contributed by atoms with Crippen LogP contribution in [-0.4, -0.2) is 15.9 Å². The highest BCUT2D eigenvalue weighted by Gasteiger charge is 2.51. The van der Waals surface area contributed by atoms with Gasteiger partial charge in [-0.2, -0.15) is 0 Å². The molecule has 0 amide bonds. The van der Waals surface area contributed by atoms with Crippen LogP contribution in [0.5, 0.6) is 0 Å². The predicted octanol–water partition coefficient (Wildman–Crippen LogP) is 10.2. The summed E-state index contributed by atoms with van der Waals surface area (Å²) in [5.41, 5.74) is 17.2. The molecule has 3 aromatic heterocycles. The van der Waals surface area contributed by atoms with Crippen LogP contribution in [0.3, 0.4) is 0 Å². The van der Waals surface area contributed by atoms with Crippen LogP contribution in [-0.2, 0) is 5.41 Å². The fraction of sp³-hybridized carbons (Fsp3) is 0.0465. The SMILES string of the molecule is C1=CC(c2ccc3c(c2)C2(c4ccccc4-c4ccccc42)c2cc(-c4ccc5nc6c7ccccc7sc6n5c4)ccc2-3)=CNC1. The van der Waals surface area contributed by atoms with Crippen LogP contribution in [0.15, 0.2) is 146 Å². The molecule has 0 unspecified atom stereocenters. The molecular weight excluding hydrogens is 591 g/mol. The lowest BCUT2D eigenvalue weighted by atomic mass is 9.70. The lowest BCUT2D eigenvalue weighted by Crippen LogP contribution is -2.26. The summed E-state index contributed by atoms with van der Waals surface area (Å²) < 4.78 is 3.55. The van der Waals surface area contributed by atoms with E-state index in [0.29, 0.717) is 0 Å². The Bertz CT molecular complexity index is 2660. The quantitative estimate of drug-likeness (QED) is 0.209. The Balaban J connectivity index is 1.18. The number of hydrogen-bond acceptors (Lipinski definition) is 3. The van der Waals surface area contributed by atoms with Crippen molar-refractivity contribution in [2.75, 3.05) is 6.54 Å². The summed E-state index contributed by atoms with van der Waals surface area (Å²) in [6.45, 7) is 0.868. The Morgan fingerprint density at radius 2 is 1.30 bits per heavy atom. The first-order valence-electron chi connectivity index (χ1n) is 16.2. The third-order valence-electron chi connectivity index (χ3n) is 10.5. The maximum Gasteiger partial charge on any atom is 0.138 e. The zero-order chi connectivity index (χ0) is 30.7. The second-order valence-electron chi connectivity index (χ2n) is 12.8. The number of dihydropyridines is 1. The number of allylic oxidation sites excluding steroid dienone is 2. The van der Waals surface area contributed by atoms with Crippen molar-refractivity contribution < 1.29 is 0 Å². The van der Waals surface area contributed by atoms with E-state index in [0.717, 1.165) is 17.7 Å². The molecule has 0 radical (unpaired) electrons. The number of nitrogens with zero attached hydrogens (tertiary/aromatic N) is 2. The van der Waals surface area contributed by atoms with Crippen LogP contribution in [0.2, 0.25) is 0 Å². The van der Waals surface area contributed by atoms with Gasteiger partial charge in [0.2, 0.25) is 0 Å². The Morgan fingerprint density at radius 3 is 2.06 bits per heavy atom. The van der Waals surface area contributed by atoms with Crippen molar-refractivity contribution in [3.05, 3.63) is 174 Å². The van der Waals surface area contributed by atoms with Gasteiger partial charge in [0.1, 0.15) is 16.0 Å². The molecule has 2 aliphatic carbocycles. The molecular formula is C43H27N3S. The fourth-order valence-electron chi connectivity index (χ4n) is 8.47. The van der Waals surface area contributed by atoms with Crippen molar-refractivity contribution in [2.24, 2.45) is 0 Å². The summed E-state index contributed by atoms with van der Waals surface area (Å²) in [6.07, 6.45) is 8.86. The van der Waals surface area contributed by atoms with Gasteiger partial charge in [0.25, 0.3) is 0 Å². The first-order chi connectivity index (χ1) is 23.3. The first-order valence-corrected chi connectivity index (χ1v) is 17.0. The average Bonchev–Trinajstić information content (AvgIpc) is 3.85. The van der Waals surface area contributed by atoms with Gasteiger partial charge < -0.3 is 5.32 Å². The molecule has 4 heteroatoms. The van der Waals surface area contributed by atoms with E-state index in [1.54, 1.807) is 0 Å². The summed E-state index contributed by atoms with van der Waals surface area (Å²) in [7, 11) is 0. The summed E-state index contributed by atoms with van der Waals surface area (Å²) >= 11 is 1.81. The monoisotopic (exact) mass is 617 g/mol. The zero-order valence-corrected chi connectivity index (χ0v) is 26.2. The van der Waals surface area contributed by atoms with Crippen LogP contribution < -0.4 is 5.32 Å². The molecule has 0 bridgehead atoms. The molecule has 0 fully saturated rings. The Hall–Kier alpha value is -5.71. The van der Waals surface area contributed by atoms with Crippen molar-refractivity contribution in [3.8, 4) is 33.4 Å². The normalized spacial score (nSPS) is 15.1. The van der Waals surface area contributed by atoms with Gasteiger partial charge in [-0.15, -0.1) is 11.3 Å². The van der Waals surface area contributed by atoms with Crippen molar-refractivity contribution in [1.82, 2.24) is 14.7 Å². The van der Waals surface area contributed by atoms with Crippen molar-refractivity contribution >= 4 is 43.0 Å². The van der Waals surface area contributed by atoms with Crippen molar-refractivity contribution in [3.63, 3.8) is 0 Å². The largest absolute Gasteiger partial charge is 0.387 e.